The lowest BCUT2D eigenvalue weighted by Gasteiger charge is -2.25. The van der Waals surface area contributed by atoms with Crippen LogP contribution in [0.2, 0.25) is 0 Å². The number of aliphatic carboxylic acids is 1. The van der Waals surface area contributed by atoms with Gasteiger partial charge in [0.2, 0.25) is 0 Å². The van der Waals surface area contributed by atoms with E-state index in [1.807, 2.05) is 6.08 Å². The SMILES string of the molecule is CCN(CCNC(=O)c1ccc2nc(C3=CCC=C(F)C=C3)c(CCCC(C)C(=O)O)nc2c1)C1=CCCC=C1. The van der Waals surface area contributed by atoms with Crippen LogP contribution in [0.3, 0.4) is 0 Å². The second-order valence-electron chi connectivity index (χ2n) is 10.1. The summed E-state index contributed by atoms with van der Waals surface area (Å²) in [7, 11) is 0. The molecule has 0 spiro atoms. The third kappa shape index (κ3) is 7.52. The maximum absolute atomic E-state index is 13.8. The fourth-order valence-corrected chi connectivity index (χ4v) is 4.83. The number of carbonyl (C=O) groups is 2. The van der Waals surface area contributed by atoms with Crippen LogP contribution in [0.15, 0.2) is 72.3 Å². The molecule has 0 saturated heterocycles. The Hall–Kier alpha value is -4.07. The van der Waals surface area contributed by atoms with Crippen LogP contribution in [-0.2, 0) is 11.2 Å². The van der Waals surface area contributed by atoms with Crippen molar-refractivity contribution in [3.63, 3.8) is 0 Å². The van der Waals surface area contributed by atoms with E-state index in [1.54, 1.807) is 31.2 Å². The molecule has 7 nitrogen and oxygen atoms in total. The lowest BCUT2D eigenvalue weighted by atomic mass is 10.00. The third-order valence-electron chi connectivity index (χ3n) is 7.21. The number of carboxylic acids is 1. The summed E-state index contributed by atoms with van der Waals surface area (Å²) in [6.45, 7) is 5.88. The average molecular weight is 545 g/mol. The van der Waals surface area contributed by atoms with Gasteiger partial charge in [-0.1, -0.05) is 31.2 Å². The van der Waals surface area contributed by atoms with Crippen molar-refractivity contribution < 1.29 is 19.1 Å². The van der Waals surface area contributed by atoms with Crippen LogP contribution in [0.1, 0.15) is 67.7 Å². The molecule has 1 aromatic heterocycles. The Kier molecular flexibility index (Phi) is 10.00. The Balaban J connectivity index is 1.52. The van der Waals surface area contributed by atoms with Crippen molar-refractivity contribution in [3.05, 3.63) is 89.2 Å². The first-order chi connectivity index (χ1) is 19.4. The summed E-state index contributed by atoms with van der Waals surface area (Å²) in [6, 6.07) is 5.27. The second-order valence-corrected chi connectivity index (χ2v) is 10.1. The van der Waals surface area contributed by atoms with Crippen LogP contribution in [0, 0.1) is 5.92 Å². The fraction of sp³-hybridized carbons (Fsp3) is 0.375. The van der Waals surface area contributed by atoms with Gasteiger partial charge in [-0.2, -0.15) is 0 Å². The number of hydrogen-bond donors (Lipinski definition) is 2. The molecule has 2 aliphatic rings. The maximum Gasteiger partial charge on any atom is 0.306 e. The number of halogens is 1. The minimum absolute atomic E-state index is 0.176. The van der Waals surface area contributed by atoms with Gasteiger partial charge in [-0.3, -0.25) is 9.59 Å². The molecule has 1 heterocycles. The highest BCUT2D eigenvalue weighted by molar-refractivity contribution is 5.97. The molecule has 0 bridgehead atoms. The number of amides is 1. The van der Waals surface area contributed by atoms with E-state index in [1.165, 1.54) is 17.8 Å². The van der Waals surface area contributed by atoms with Crippen LogP contribution in [0.5, 0.6) is 0 Å². The van der Waals surface area contributed by atoms with Gasteiger partial charge in [0.15, 0.2) is 0 Å². The van der Waals surface area contributed by atoms with Crippen molar-refractivity contribution in [1.82, 2.24) is 20.2 Å². The Labute approximate surface area is 234 Å². The van der Waals surface area contributed by atoms with Crippen molar-refractivity contribution in [2.24, 2.45) is 5.92 Å². The monoisotopic (exact) mass is 544 g/mol. The van der Waals surface area contributed by atoms with Crippen LogP contribution >= 0.6 is 0 Å². The topological polar surface area (TPSA) is 95.4 Å². The predicted molar refractivity (Wildman–Crippen MR) is 156 cm³/mol. The minimum Gasteiger partial charge on any atom is -0.481 e. The summed E-state index contributed by atoms with van der Waals surface area (Å²) in [5.41, 5.74) is 5.04. The molecule has 1 unspecified atom stereocenters. The molecule has 0 saturated carbocycles. The van der Waals surface area contributed by atoms with Crippen LogP contribution in [0.25, 0.3) is 16.6 Å². The highest BCUT2D eigenvalue weighted by atomic mass is 19.1. The number of aromatic nitrogens is 2. The van der Waals surface area contributed by atoms with Crippen molar-refractivity contribution in [2.45, 2.75) is 52.4 Å². The summed E-state index contributed by atoms with van der Waals surface area (Å²) < 4.78 is 13.8. The van der Waals surface area contributed by atoms with Gasteiger partial charge in [0.25, 0.3) is 5.91 Å². The number of fused-ring (bicyclic) bond motifs is 1. The zero-order valence-electron chi connectivity index (χ0n) is 23.2. The van der Waals surface area contributed by atoms with Crippen LogP contribution in [0.4, 0.5) is 4.39 Å². The zero-order valence-corrected chi connectivity index (χ0v) is 23.2. The average Bonchev–Trinajstić information content (AvgIpc) is 3.19. The van der Waals surface area contributed by atoms with Gasteiger partial charge < -0.3 is 15.3 Å². The van der Waals surface area contributed by atoms with Gasteiger partial charge in [0, 0.05) is 30.9 Å². The maximum atomic E-state index is 13.8. The van der Waals surface area contributed by atoms with E-state index < -0.39 is 11.9 Å². The number of carboxylic acid groups (broad SMARTS) is 1. The fourth-order valence-electron chi connectivity index (χ4n) is 4.83. The molecule has 2 N–H and O–H groups in total. The van der Waals surface area contributed by atoms with Gasteiger partial charge in [0.05, 0.1) is 28.3 Å². The van der Waals surface area contributed by atoms with Gasteiger partial charge in [-0.05, 0) is 87.4 Å². The lowest BCUT2D eigenvalue weighted by Crippen LogP contribution is -2.34. The normalized spacial score (nSPS) is 15.6. The molecule has 1 atom stereocenters. The standard InChI is InChI=1S/C32H37FN4O3/c1-3-37(26-12-5-4-6-13-26)20-19-34-31(38)24-16-18-27-29(21-24)35-28(14-7-9-22(2)32(39)40)30(36-27)23-10-8-11-25(33)17-15-23/h5,10-13,15-18,21-22H,3-4,6-9,14,19-20H2,1-2H3,(H,34,38)(H,39,40). The number of nitrogens with zero attached hydrogens (tertiary/aromatic N) is 3. The molecule has 2 aromatic rings. The van der Waals surface area contributed by atoms with Crippen LogP contribution < -0.4 is 5.32 Å². The first-order valence-electron chi connectivity index (χ1n) is 14.0. The summed E-state index contributed by atoms with van der Waals surface area (Å²) >= 11 is 0. The molecular weight excluding hydrogens is 507 g/mol. The molecule has 0 fully saturated rings. The minimum atomic E-state index is -0.828. The number of rotatable bonds is 12. The van der Waals surface area contributed by atoms with Gasteiger partial charge in [-0.25, -0.2) is 14.4 Å². The number of benzene rings is 1. The number of aryl methyl sites for hydroxylation is 1. The van der Waals surface area contributed by atoms with Crippen molar-refractivity contribution in [3.8, 4) is 0 Å². The Morgan fingerprint density at radius 1 is 1.10 bits per heavy atom. The molecule has 2 aliphatic carbocycles. The van der Waals surface area contributed by atoms with E-state index >= 15 is 0 Å². The molecule has 1 amide bonds. The zero-order chi connectivity index (χ0) is 28.5. The number of allylic oxidation sites excluding steroid dienone is 9. The molecule has 0 radical (unpaired) electrons. The van der Waals surface area contributed by atoms with Crippen molar-refractivity contribution >= 4 is 28.5 Å². The van der Waals surface area contributed by atoms with Crippen molar-refractivity contribution in [1.29, 1.82) is 0 Å². The number of likely N-dealkylation sites (N-methyl/N-ethyl adjacent to an activating group) is 1. The molecule has 0 aliphatic heterocycles. The predicted octanol–water partition coefficient (Wildman–Crippen LogP) is 6.16. The van der Waals surface area contributed by atoms with E-state index in [9.17, 15) is 19.1 Å². The molecule has 8 heteroatoms. The summed E-state index contributed by atoms with van der Waals surface area (Å²) in [6.07, 6.45) is 17.2. The Morgan fingerprint density at radius 3 is 2.70 bits per heavy atom. The van der Waals surface area contributed by atoms with Gasteiger partial charge in [0.1, 0.15) is 5.83 Å². The molecule has 1 aromatic carbocycles. The first kappa shape index (κ1) is 28.9. The van der Waals surface area contributed by atoms with E-state index in [0.29, 0.717) is 66.8 Å². The van der Waals surface area contributed by atoms with Gasteiger partial charge in [-0.15, -0.1) is 0 Å². The number of hydrogen-bond acceptors (Lipinski definition) is 5. The smallest absolute Gasteiger partial charge is 0.306 e. The van der Waals surface area contributed by atoms with E-state index in [2.05, 4.69) is 35.4 Å². The van der Waals surface area contributed by atoms with E-state index in [-0.39, 0.29) is 11.7 Å². The number of carbonyl (C=O) groups excluding carboxylic acids is 1. The third-order valence-corrected chi connectivity index (χ3v) is 7.21. The highest BCUT2D eigenvalue weighted by Crippen LogP contribution is 2.26. The van der Waals surface area contributed by atoms with Crippen LogP contribution in [-0.4, -0.2) is 51.5 Å². The van der Waals surface area contributed by atoms with Gasteiger partial charge >= 0.3 is 5.97 Å². The quantitative estimate of drug-likeness (QED) is 0.333. The largest absolute Gasteiger partial charge is 0.481 e. The Morgan fingerprint density at radius 2 is 1.95 bits per heavy atom. The molecule has 40 heavy (non-hydrogen) atoms. The lowest BCUT2D eigenvalue weighted by molar-refractivity contribution is -0.141. The molecular formula is C32H37FN4O3. The summed E-state index contributed by atoms with van der Waals surface area (Å²) in [4.78, 5) is 36.2. The summed E-state index contributed by atoms with van der Waals surface area (Å²) in [5.74, 6) is -1.77. The Bertz CT molecular complexity index is 1410. The molecule has 4 rings (SSSR count). The highest BCUT2D eigenvalue weighted by Gasteiger charge is 2.17. The first-order valence-corrected chi connectivity index (χ1v) is 14.0. The van der Waals surface area contributed by atoms with E-state index in [4.69, 9.17) is 9.97 Å². The van der Waals surface area contributed by atoms with E-state index in [0.717, 1.165) is 25.0 Å². The summed E-state index contributed by atoms with van der Waals surface area (Å²) in [5, 5.41) is 12.3. The molecule has 210 valence electrons. The van der Waals surface area contributed by atoms with Crippen molar-refractivity contribution in [2.75, 3.05) is 19.6 Å². The second kappa shape index (κ2) is 13.8. The number of nitrogens with one attached hydrogen (secondary N) is 1.